The van der Waals surface area contributed by atoms with Gasteiger partial charge >= 0.3 is 5.97 Å². The Hall–Kier alpha value is -1.53. The summed E-state index contributed by atoms with van der Waals surface area (Å²) in [6, 6.07) is 5.67. The number of amides is 1. The van der Waals surface area contributed by atoms with Crippen molar-refractivity contribution in [1.82, 2.24) is 4.98 Å². The molecule has 120 valence electrons. The lowest BCUT2D eigenvalue weighted by molar-refractivity contribution is -0.119. The second kappa shape index (κ2) is 7.84. The first-order valence-corrected chi connectivity index (χ1v) is 7.61. The summed E-state index contributed by atoms with van der Waals surface area (Å²) in [6.07, 6.45) is 1.25. The van der Waals surface area contributed by atoms with Crippen LogP contribution in [0.15, 0.2) is 30.5 Å². The summed E-state index contributed by atoms with van der Waals surface area (Å²) in [5, 5.41) is 3.41. The van der Waals surface area contributed by atoms with Crippen molar-refractivity contribution >= 4 is 64.0 Å². The van der Waals surface area contributed by atoms with Gasteiger partial charge < -0.3 is 10.1 Å². The Labute approximate surface area is 151 Å². The van der Waals surface area contributed by atoms with Crippen LogP contribution in [0.25, 0.3) is 0 Å². The first kappa shape index (κ1) is 17.8. The summed E-state index contributed by atoms with van der Waals surface area (Å²) < 4.78 is 4.86. The van der Waals surface area contributed by atoms with E-state index in [4.69, 9.17) is 51.1 Å². The zero-order chi connectivity index (χ0) is 17.0. The summed E-state index contributed by atoms with van der Waals surface area (Å²) in [4.78, 5) is 27.3. The molecular formula is C14H8Cl4N2O3. The van der Waals surface area contributed by atoms with Crippen LogP contribution in [-0.2, 0) is 9.53 Å². The molecule has 0 spiro atoms. The lowest BCUT2D eigenvalue weighted by Gasteiger charge is -2.09. The third-order valence-corrected chi connectivity index (χ3v) is 3.84. The molecule has 23 heavy (non-hydrogen) atoms. The quantitative estimate of drug-likeness (QED) is 0.472. The number of esters is 1. The minimum Gasteiger partial charge on any atom is -0.452 e. The Morgan fingerprint density at radius 1 is 1.04 bits per heavy atom. The molecule has 1 aromatic carbocycles. The maximum absolute atomic E-state index is 11.8. The number of benzene rings is 1. The van der Waals surface area contributed by atoms with Crippen LogP contribution in [0, 0.1) is 0 Å². The monoisotopic (exact) mass is 392 g/mol. The predicted molar refractivity (Wildman–Crippen MR) is 89.6 cm³/mol. The number of hydrogen-bond acceptors (Lipinski definition) is 4. The van der Waals surface area contributed by atoms with Crippen LogP contribution in [0.1, 0.15) is 10.4 Å². The van der Waals surface area contributed by atoms with Gasteiger partial charge in [-0.1, -0.05) is 46.4 Å². The fourth-order valence-electron chi connectivity index (χ4n) is 1.52. The summed E-state index contributed by atoms with van der Waals surface area (Å²) in [7, 11) is 0. The first-order chi connectivity index (χ1) is 10.9. The van der Waals surface area contributed by atoms with Crippen LogP contribution in [0.2, 0.25) is 20.2 Å². The number of rotatable bonds is 4. The van der Waals surface area contributed by atoms with Gasteiger partial charge in [-0.05, 0) is 24.3 Å². The molecule has 0 saturated heterocycles. The van der Waals surface area contributed by atoms with Crippen LogP contribution in [0.3, 0.4) is 0 Å². The highest BCUT2D eigenvalue weighted by Crippen LogP contribution is 2.32. The minimum absolute atomic E-state index is 0.176. The third-order valence-electron chi connectivity index (χ3n) is 2.58. The van der Waals surface area contributed by atoms with E-state index in [1.54, 1.807) is 0 Å². The zero-order valence-electron chi connectivity index (χ0n) is 11.3. The van der Waals surface area contributed by atoms with E-state index in [0.717, 1.165) is 0 Å². The van der Waals surface area contributed by atoms with Gasteiger partial charge in [-0.15, -0.1) is 0 Å². The Morgan fingerprint density at radius 2 is 1.74 bits per heavy atom. The second-order valence-electron chi connectivity index (χ2n) is 4.24. The molecule has 0 unspecified atom stereocenters. The molecule has 0 saturated carbocycles. The Morgan fingerprint density at radius 3 is 2.39 bits per heavy atom. The summed E-state index contributed by atoms with van der Waals surface area (Å²) >= 11 is 23.2. The molecule has 9 heteroatoms. The average molecular weight is 394 g/mol. The van der Waals surface area contributed by atoms with E-state index in [-0.39, 0.29) is 31.5 Å². The van der Waals surface area contributed by atoms with Crippen LogP contribution in [0.4, 0.5) is 5.69 Å². The summed E-state index contributed by atoms with van der Waals surface area (Å²) in [6.45, 7) is -0.502. The first-order valence-electron chi connectivity index (χ1n) is 6.10. The molecule has 1 amide bonds. The van der Waals surface area contributed by atoms with E-state index in [1.807, 2.05) is 0 Å². The molecule has 1 heterocycles. The van der Waals surface area contributed by atoms with Gasteiger partial charge in [0.05, 0.1) is 26.3 Å². The molecule has 0 aliphatic heterocycles. The predicted octanol–water partition coefficient (Wildman–Crippen LogP) is 4.49. The molecule has 2 aromatic rings. The average Bonchev–Trinajstić information content (AvgIpc) is 2.51. The van der Waals surface area contributed by atoms with E-state index in [1.165, 1.54) is 30.5 Å². The fraction of sp³-hybridized carbons (Fsp3) is 0.0714. The lowest BCUT2D eigenvalue weighted by Crippen LogP contribution is -2.21. The van der Waals surface area contributed by atoms with Gasteiger partial charge in [0.2, 0.25) is 0 Å². The molecule has 0 radical (unpaired) electrons. The van der Waals surface area contributed by atoms with Gasteiger partial charge in [0.25, 0.3) is 5.91 Å². The number of nitrogens with one attached hydrogen (secondary N) is 1. The Balaban J connectivity index is 1.94. The number of nitrogens with zero attached hydrogens (tertiary/aromatic N) is 1. The molecule has 0 fully saturated rings. The largest absolute Gasteiger partial charge is 0.452 e. The molecule has 1 N–H and O–H groups in total. The Bertz CT molecular complexity index is 750. The van der Waals surface area contributed by atoms with Crippen LogP contribution in [0.5, 0.6) is 0 Å². The number of halogens is 4. The molecule has 0 atom stereocenters. The summed E-state index contributed by atoms with van der Waals surface area (Å²) in [5.41, 5.74) is 0.435. The van der Waals surface area contributed by atoms with Gasteiger partial charge in [0.1, 0.15) is 5.15 Å². The molecule has 1 aromatic heterocycles. The van der Waals surface area contributed by atoms with Crippen molar-refractivity contribution in [2.24, 2.45) is 0 Å². The molecule has 0 aliphatic carbocycles. The van der Waals surface area contributed by atoms with Gasteiger partial charge in [-0.2, -0.15) is 0 Å². The van der Waals surface area contributed by atoms with Crippen molar-refractivity contribution < 1.29 is 14.3 Å². The van der Waals surface area contributed by atoms with Crippen molar-refractivity contribution in [2.75, 3.05) is 11.9 Å². The molecular weight excluding hydrogens is 386 g/mol. The summed E-state index contributed by atoms with van der Waals surface area (Å²) in [5.74, 6) is -1.29. The van der Waals surface area contributed by atoms with E-state index in [2.05, 4.69) is 10.3 Å². The number of pyridine rings is 1. The third kappa shape index (κ3) is 4.97. The number of hydrogen-bond donors (Lipinski definition) is 1. The van der Waals surface area contributed by atoms with Crippen molar-refractivity contribution in [1.29, 1.82) is 0 Å². The second-order valence-corrected chi connectivity index (χ2v) is 5.85. The topological polar surface area (TPSA) is 68.3 Å². The highest BCUT2D eigenvalue weighted by molar-refractivity contribution is 6.44. The minimum atomic E-state index is -0.704. The van der Waals surface area contributed by atoms with E-state index in [0.29, 0.717) is 0 Å². The number of aromatic nitrogens is 1. The smallest absolute Gasteiger partial charge is 0.340 e. The number of anilines is 1. The van der Waals surface area contributed by atoms with Crippen molar-refractivity contribution in [3.63, 3.8) is 0 Å². The van der Waals surface area contributed by atoms with Crippen LogP contribution in [-0.4, -0.2) is 23.5 Å². The van der Waals surface area contributed by atoms with Gasteiger partial charge in [-0.25, -0.2) is 9.78 Å². The van der Waals surface area contributed by atoms with E-state index >= 15 is 0 Å². The maximum Gasteiger partial charge on any atom is 0.340 e. The van der Waals surface area contributed by atoms with E-state index < -0.39 is 18.5 Å². The number of carbonyl (C=O) groups is 2. The van der Waals surface area contributed by atoms with Crippen molar-refractivity contribution in [2.45, 2.75) is 0 Å². The van der Waals surface area contributed by atoms with Gasteiger partial charge in [-0.3, -0.25) is 4.79 Å². The van der Waals surface area contributed by atoms with Crippen LogP contribution < -0.4 is 5.32 Å². The molecule has 2 rings (SSSR count). The standard InChI is InChI=1S/C14H8Cl4N2O3/c15-8-3-10(17)11(4-9(8)16)20-13(21)6-23-14(22)7-1-2-12(18)19-5-7/h1-5H,6H2,(H,20,21). The zero-order valence-corrected chi connectivity index (χ0v) is 14.3. The molecule has 0 bridgehead atoms. The van der Waals surface area contributed by atoms with Gasteiger partial charge in [0, 0.05) is 6.20 Å². The normalized spacial score (nSPS) is 10.3. The highest BCUT2D eigenvalue weighted by Gasteiger charge is 2.13. The Kier molecular flexibility index (Phi) is 6.07. The maximum atomic E-state index is 11.8. The van der Waals surface area contributed by atoms with Gasteiger partial charge in [0.15, 0.2) is 6.61 Å². The van der Waals surface area contributed by atoms with Crippen molar-refractivity contribution in [3.05, 3.63) is 56.2 Å². The number of carbonyl (C=O) groups excluding carboxylic acids is 2. The lowest BCUT2D eigenvalue weighted by atomic mass is 10.3. The molecule has 5 nitrogen and oxygen atoms in total. The number of ether oxygens (including phenoxy) is 1. The highest BCUT2D eigenvalue weighted by atomic mass is 35.5. The van der Waals surface area contributed by atoms with Crippen molar-refractivity contribution in [3.8, 4) is 0 Å². The van der Waals surface area contributed by atoms with Crippen LogP contribution >= 0.6 is 46.4 Å². The van der Waals surface area contributed by atoms with E-state index in [9.17, 15) is 9.59 Å². The SMILES string of the molecule is O=C(COC(=O)c1ccc(Cl)nc1)Nc1cc(Cl)c(Cl)cc1Cl. The molecule has 0 aliphatic rings. The fourth-order valence-corrected chi connectivity index (χ4v) is 2.22.